The quantitative estimate of drug-likeness (QED) is 0.366. The van der Waals surface area contributed by atoms with E-state index in [0.717, 1.165) is 17.5 Å². The molecule has 0 atom stereocenters. The van der Waals surface area contributed by atoms with Crippen molar-refractivity contribution in [2.24, 2.45) is 0 Å². The van der Waals surface area contributed by atoms with Gasteiger partial charge < -0.3 is 15.3 Å². The minimum atomic E-state index is -2.92. The van der Waals surface area contributed by atoms with Crippen molar-refractivity contribution in [2.45, 2.75) is 63.8 Å². The van der Waals surface area contributed by atoms with Crippen LogP contribution >= 0.6 is 0 Å². The van der Waals surface area contributed by atoms with Crippen LogP contribution in [0.4, 0.5) is 23.2 Å². The highest BCUT2D eigenvalue weighted by Crippen LogP contribution is 2.32. The van der Waals surface area contributed by atoms with Gasteiger partial charge in [0.15, 0.2) is 5.69 Å². The highest BCUT2D eigenvalue weighted by atomic mass is 19.3. The minimum Gasteiger partial charge on any atom is -0.381 e. The summed E-state index contributed by atoms with van der Waals surface area (Å²) in [7, 11) is 0. The Morgan fingerprint density at radius 3 is 2.45 bits per heavy atom. The molecule has 2 amide bonds. The number of hydrogen-bond donors (Lipinski definition) is 2. The van der Waals surface area contributed by atoms with E-state index < -0.39 is 36.6 Å². The maximum atomic E-state index is 13.8. The Morgan fingerprint density at radius 2 is 1.81 bits per heavy atom. The Kier molecular flexibility index (Phi) is 8.32. The van der Waals surface area contributed by atoms with Crippen LogP contribution in [0.1, 0.15) is 55.3 Å². The van der Waals surface area contributed by atoms with Crippen LogP contribution in [0.3, 0.4) is 0 Å². The SMILES string of the molecule is CC(C)(O)C(=O)N1CCC(N2CC(n3cc(NC(=O)c4cccc(-c5cnn(CC(F)F)c5)n4)c(C(F)F)n3)C2)CC1. The van der Waals surface area contributed by atoms with E-state index in [1.54, 1.807) is 17.0 Å². The summed E-state index contributed by atoms with van der Waals surface area (Å²) < 4.78 is 55.5. The molecule has 2 saturated heterocycles. The van der Waals surface area contributed by atoms with Gasteiger partial charge in [0.05, 0.1) is 23.6 Å². The predicted octanol–water partition coefficient (Wildman–Crippen LogP) is 3.22. The lowest BCUT2D eigenvalue weighted by Crippen LogP contribution is -2.57. The van der Waals surface area contributed by atoms with Gasteiger partial charge in [-0.05, 0) is 38.8 Å². The lowest BCUT2D eigenvalue weighted by atomic mass is 9.96. The first-order chi connectivity index (χ1) is 19.9. The van der Waals surface area contributed by atoms with Crippen molar-refractivity contribution in [3.8, 4) is 11.3 Å². The average Bonchev–Trinajstić information content (AvgIpc) is 3.54. The van der Waals surface area contributed by atoms with E-state index in [1.165, 1.54) is 43.2 Å². The van der Waals surface area contributed by atoms with Crippen LogP contribution in [-0.4, -0.2) is 95.5 Å². The van der Waals surface area contributed by atoms with Gasteiger partial charge in [0, 0.05) is 50.2 Å². The fourth-order valence-electron chi connectivity index (χ4n) is 5.27. The van der Waals surface area contributed by atoms with Gasteiger partial charge in [0.25, 0.3) is 24.7 Å². The molecule has 5 rings (SSSR count). The number of carbonyl (C=O) groups is 2. The Bertz CT molecular complexity index is 1420. The number of rotatable bonds is 9. The second kappa shape index (κ2) is 11.8. The number of halogens is 4. The molecule has 3 aromatic rings. The van der Waals surface area contributed by atoms with Gasteiger partial charge >= 0.3 is 0 Å². The third-order valence-electron chi connectivity index (χ3n) is 7.51. The zero-order valence-electron chi connectivity index (χ0n) is 23.1. The van der Waals surface area contributed by atoms with Crippen molar-refractivity contribution in [1.29, 1.82) is 0 Å². The lowest BCUT2D eigenvalue weighted by Gasteiger charge is -2.47. The third-order valence-corrected chi connectivity index (χ3v) is 7.51. The van der Waals surface area contributed by atoms with Gasteiger partial charge in [-0.1, -0.05) is 6.07 Å². The van der Waals surface area contributed by atoms with Gasteiger partial charge in [-0.15, -0.1) is 0 Å². The van der Waals surface area contributed by atoms with Gasteiger partial charge in [-0.3, -0.25) is 23.9 Å². The van der Waals surface area contributed by atoms with E-state index in [-0.39, 0.29) is 29.4 Å². The molecule has 0 unspecified atom stereocenters. The van der Waals surface area contributed by atoms with Crippen LogP contribution in [-0.2, 0) is 11.3 Å². The van der Waals surface area contributed by atoms with Gasteiger partial charge in [-0.2, -0.15) is 10.2 Å². The number of carbonyl (C=O) groups excluding carboxylic acids is 2. The first-order valence-electron chi connectivity index (χ1n) is 13.6. The summed E-state index contributed by atoms with van der Waals surface area (Å²) in [5.41, 5.74) is -1.39. The number of hydrogen-bond acceptors (Lipinski definition) is 7. The normalized spacial score (nSPS) is 17.2. The molecule has 2 N–H and O–H groups in total. The van der Waals surface area contributed by atoms with Crippen LogP contribution in [0.15, 0.2) is 36.8 Å². The van der Waals surface area contributed by atoms with Crippen LogP contribution in [0, 0.1) is 0 Å². The molecule has 2 fully saturated rings. The molecule has 0 aliphatic carbocycles. The fourth-order valence-corrected chi connectivity index (χ4v) is 5.27. The molecular weight excluding hydrogens is 560 g/mol. The standard InChI is InChI=1S/C27H32F4N8O3/c1-27(2,42)26(41)36-8-6-17(7-9-36)37-12-18(13-37)39-14-21(23(35-39)24(30)31)34-25(40)20-5-3-4-19(33-20)16-10-32-38(11-16)15-22(28)29/h3-5,10-11,14,17-18,22,24,42H,6-9,12-13,15H2,1-2H3,(H,34,40). The van der Waals surface area contributed by atoms with Crippen molar-refractivity contribution in [3.63, 3.8) is 0 Å². The Labute approximate surface area is 239 Å². The number of alkyl halides is 4. The number of piperidine rings is 1. The molecule has 0 aromatic carbocycles. The fraction of sp³-hybridized carbons (Fsp3) is 0.519. The molecule has 11 nitrogen and oxygen atoms in total. The lowest BCUT2D eigenvalue weighted by molar-refractivity contribution is -0.149. The molecule has 0 saturated carbocycles. The number of anilines is 1. The topological polar surface area (TPSA) is 121 Å². The van der Waals surface area contributed by atoms with Crippen molar-refractivity contribution >= 4 is 17.5 Å². The van der Waals surface area contributed by atoms with Gasteiger partial charge in [0.1, 0.15) is 17.8 Å². The molecule has 0 bridgehead atoms. The molecule has 15 heteroatoms. The molecule has 0 radical (unpaired) electrons. The second-order valence-electron chi connectivity index (χ2n) is 11.1. The van der Waals surface area contributed by atoms with Crippen molar-refractivity contribution in [3.05, 3.63) is 48.2 Å². The summed E-state index contributed by atoms with van der Waals surface area (Å²) in [4.78, 5) is 33.4. The summed E-state index contributed by atoms with van der Waals surface area (Å²) in [6.07, 6.45) is 0.125. The number of amides is 2. The predicted molar refractivity (Wildman–Crippen MR) is 143 cm³/mol. The maximum absolute atomic E-state index is 13.8. The van der Waals surface area contributed by atoms with E-state index in [4.69, 9.17) is 0 Å². The van der Waals surface area contributed by atoms with Crippen molar-refractivity contribution < 1.29 is 32.3 Å². The number of pyridine rings is 1. The maximum Gasteiger partial charge on any atom is 0.284 e. The highest BCUT2D eigenvalue weighted by Gasteiger charge is 2.38. The van der Waals surface area contributed by atoms with Gasteiger partial charge in [0.2, 0.25) is 0 Å². The van der Waals surface area contributed by atoms with E-state index in [9.17, 15) is 32.3 Å². The number of aliphatic hydroxyl groups is 1. The monoisotopic (exact) mass is 592 g/mol. The summed E-state index contributed by atoms with van der Waals surface area (Å²) >= 11 is 0. The molecule has 2 aliphatic heterocycles. The Hall–Kier alpha value is -3.85. The summed E-state index contributed by atoms with van der Waals surface area (Å²) in [5.74, 6) is -1.02. The molecule has 2 aliphatic rings. The zero-order chi connectivity index (χ0) is 30.2. The number of nitrogens with one attached hydrogen (secondary N) is 1. The Morgan fingerprint density at radius 1 is 1.10 bits per heavy atom. The van der Waals surface area contributed by atoms with Crippen LogP contribution < -0.4 is 5.32 Å². The number of likely N-dealkylation sites (tertiary alicyclic amines) is 2. The molecule has 42 heavy (non-hydrogen) atoms. The minimum absolute atomic E-state index is 0.0497. The zero-order valence-corrected chi connectivity index (χ0v) is 23.1. The third kappa shape index (κ3) is 6.46. The summed E-state index contributed by atoms with van der Waals surface area (Å²) in [5, 5.41) is 20.4. The van der Waals surface area contributed by atoms with Crippen molar-refractivity contribution in [1.82, 2.24) is 34.3 Å². The molecule has 3 aromatic heterocycles. The molecular formula is C27H32F4N8O3. The molecule has 226 valence electrons. The van der Waals surface area contributed by atoms with E-state index in [1.807, 2.05) is 0 Å². The van der Waals surface area contributed by atoms with Crippen molar-refractivity contribution in [2.75, 3.05) is 31.5 Å². The largest absolute Gasteiger partial charge is 0.381 e. The van der Waals surface area contributed by atoms with E-state index in [0.29, 0.717) is 37.4 Å². The second-order valence-corrected chi connectivity index (χ2v) is 11.1. The Balaban J connectivity index is 1.21. The smallest absolute Gasteiger partial charge is 0.284 e. The molecule has 0 spiro atoms. The van der Waals surface area contributed by atoms with Gasteiger partial charge in [-0.25, -0.2) is 22.5 Å². The summed E-state index contributed by atoms with van der Waals surface area (Å²) in [6, 6.07) is 4.62. The summed E-state index contributed by atoms with van der Waals surface area (Å²) in [6.45, 7) is 4.62. The first kappa shape index (κ1) is 29.6. The average molecular weight is 593 g/mol. The van der Waals surface area contributed by atoms with E-state index in [2.05, 4.69) is 25.4 Å². The number of nitrogens with zero attached hydrogens (tertiary/aromatic N) is 7. The van der Waals surface area contributed by atoms with Crippen LogP contribution in [0.2, 0.25) is 0 Å². The first-order valence-corrected chi connectivity index (χ1v) is 13.6. The van der Waals surface area contributed by atoms with Crippen LogP contribution in [0.25, 0.3) is 11.3 Å². The number of aromatic nitrogens is 5. The highest BCUT2D eigenvalue weighted by molar-refractivity contribution is 6.03. The van der Waals surface area contributed by atoms with Crippen LogP contribution in [0.5, 0.6) is 0 Å². The van der Waals surface area contributed by atoms with E-state index >= 15 is 0 Å². The molecule has 5 heterocycles.